The van der Waals surface area contributed by atoms with Crippen LogP contribution in [-0.2, 0) is 9.59 Å². The summed E-state index contributed by atoms with van der Waals surface area (Å²) in [5.74, 6) is 0.785. The molecule has 0 aromatic heterocycles. The second-order valence-corrected chi connectivity index (χ2v) is 8.47. The molecule has 26 heavy (non-hydrogen) atoms. The van der Waals surface area contributed by atoms with Crippen molar-refractivity contribution in [1.29, 1.82) is 0 Å². The molecule has 0 radical (unpaired) electrons. The van der Waals surface area contributed by atoms with Gasteiger partial charge < -0.3 is 20.0 Å². The van der Waals surface area contributed by atoms with Crippen molar-refractivity contribution >= 4 is 17.8 Å². The molecule has 1 N–H and O–H groups in total. The predicted molar refractivity (Wildman–Crippen MR) is 101 cm³/mol. The van der Waals surface area contributed by atoms with Crippen LogP contribution in [0, 0.1) is 11.3 Å². The fourth-order valence-electron chi connectivity index (χ4n) is 3.90. The van der Waals surface area contributed by atoms with E-state index in [9.17, 15) is 14.4 Å². The van der Waals surface area contributed by atoms with E-state index in [1.165, 1.54) is 4.90 Å². The van der Waals surface area contributed by atoms with E-state index in [4.69, 9.17) is 0 Å². The van der Waals surface area contributed by atoms with Crippen LogP contribution in [-0.4, -0.2) is 79.4 Å². The Morgan fingerprint density at radius 1 is 1.23 bits per heavy atom. The number of nitrogens with zero attached hydrogens (tertiary/aromatic N) is 3. The highest BCUT2D eigenvalue weighted by atomic mass is 16.2. The summed E-state index contributed by atoms with van der Waals surface area (Å²) in [4.78, 5) is 41.7. The molecule has 4 amide bonds. The summed E-state index contributed by atoms with van der Waals surface area (Å²) in [6, 6.07) is -0.256. The van der Waals surface area contributed by atoms with E-state index in [0.717, 1.165) is 45.3 Å². The van der Waals surface area contributed by atoms with Gasteiger partial charge in [-0.2, -0.15) is 0 Å². The molecule has 0 aromatic rings. The third-order valence-electron chi connectivity index (χ3n) is 5.54. The number of amides is 4. The van der Waals surface area contributed by atoms with E-state index in [2.05, 4.69) is 19.2 Å². The van der Waals surface area contributed by atoms with Gasteiger partial charge in [-0.15, -0.1) is 0 Å². The van der Waals surface area contributed by atoms with Gasteiger partial charge in [-0.1, -0.05) is 13.8 Å². The van der Waals surface area contributed by atoms with Crippen molar-refractivity contribution in [3.63, 3.8) is 0 Å². The van der Waals surface area contributed by atoms with E-state index in [1.807, 2.05) is 9.80 Å². The Balaban J connectivity index is 1.94. The Labute approximate surface area is 157 Å². The number of urea groups is 1. The lowest BCUT2D eigenvalue weighted by molar-refractivity contribution is -0.142. The van der Waals surface area contributed by atoms with Crippen molar-refractivity contribution < 1.29 is 14.4 Å². The molecule has 2 fully saturated rings. The zero-order valence-electron chi connectivity index (χ0n) is 16.7. The average Bonchev–Trinajstić information content (AvgIpc) is 2.60. The lowest BCUT2D eigenvalue weighted by Gasteiger charge is -2.48. The van der Waals surface area contributed by atoms with Crippen LogP contribution in [0.5, 0.6) is 0 Å². The van der Waals surface area contributed by atoms with Gasteiger partial charge >= 0.3 is 6.03 Å². The zero-order chi connectivity index (χ0) is 19.3. The second-order valence-electron chi connectivity index (χ2n) is 8.47. The minimum Gasteiger partial charge on any atom is -0.342 e. The average molecular weight is 367 g/mol. The van der Waals surface area contributed by atoms with Crippen LogP contribution in [0.4, 0.5) is 4.79 Å². The van der Waals surface area contributed by atoms with Crippen LogP contribution < -0.4 is 5.32 Å². The van der Waals surface area contributed by atoms with Gasteiger partial charge in [0.2, 0.25) is 11.8 Å². The van der Waals surface area contributed by atoms with Gasteiger partial charge in [0.25, 0.3) is 0 Å². The molecule has 7 heteroatoms. The van der Waals surface area contributed by atoms with E-state index in [0.29, 0.717) is 18.9 Å². The van der Waals surface area contributed by atoms with Crippen LogP contribution in [0.2, 0.25) is 0 Å². The minimum absolute atomic E-state index is 0.0182. The Kier molecular flexibility index (Phi) is 6.89. The Morgan fingerprint density at radius 3 is 2.62 bits per heavy atom. The Bertz CT molecular complexity index is 535. The van der Waals surface area contributed by atoms with Gasteiger partial charge in [0.1, 0.15) is 0 Å². The normalized spacial score (nSPS) is 23.5. The maximum atomic E-state index is 12.5. The maximum absolute atomic E-state index is 12.5. The molecule has 2 rings (SSSR count). The van der Waals surface area contributed by atoms with Crippen molar-refractivity contribution in [3.8, 4) is 0 Å². The first-order valence-corrected chi connectivity index (χ1v) is 9.73. The quantitative estimate of drug-likeness (QED) is 0.802. The van der Waals surface area contributed by atoms with Gasteiger partial charge in [0, 0.05) is 52.1 Å². The van der Waals surface area contributed by atoms with Crippen LogP contribution in [0.25, 0.3) is 0 Å². The number of hydrogen-bond acceptors (Lipinski definition) is 3. The number of rotatable bonds is 5. The second kappa shape index (κ2) is 8.73. The Hall–Kier alpha value is -1.79. The summed E-state index contributed by atoms with van der Waals surface area (Å²) in [5, 5.41) is 2.65. The third-order valence-corrected chi connectivity index (χ3v) is 5.54. The first-order valence-electron chi connectivity index (χ1n) is 9.73. The highest BCUT2D eigenvalue weighted by molar-refractivity contribution is 5.84. The van der Waals surface area contributed by atoms with Gasteiger partial charge in [-0.05, 0) is 31.6 Å². The van der Waals surface area contributed by atoms with Crippen LogP contribution in [0.3, 0.4) is 0 Å². The van der Waals surface area contributed by atoms with E-state index >= 15 is 0 Å². The molecular weight excluding hydrogens is 332 g/mol. The summed E-state index contributed by atoms with van der Waals surface area (Å²) < 4.78 is 0. The number of hydrogen-bond donors (Lipinski definition) is 1. The van der Waals surface area contributed by atoms with E-state index < -0.39 is 0 Å². The topological polar surface area (TPSA) is 73.0 Å². The first kappa shape index (κ1) is 20.5. The number of carbonyl (C=O) groups excluding carboxylic acids is 3. The third kappa shape index (κ3) is 5.35. The molecule has 1 unspecified atom stereocenters. The zero-order valence-corrected chi connectivity index (χ0v) is 16.7. The molecule has 148 valence electrons. The standard InChI is InChI=1S/C19H34N4O3/c1-15(2)7-11-23-14-19(9-6-16(23)24)8-5-10-22(13-19)17(25)12-20-18(26)21(3)4/h15H,5-14H2,1-4H3,(H,20,26). The number of likely N-dealkylation sites (tertiary alicyclic amines) is 2. The van der Waals surface area contributed by atoms with Crippen LogP contribution >= 0.6 is 0 Å². The smallest absolute Gasteiger partial charge is 0.317 e. The van der Waals surface area contributed by atoms with E-state index in [-0.39, 0.29) is 29.8 Å². The molecule has 7 nitrogen and oxygen atoms in total. The van der Waals surface area contributed by atoms with Crippen molar-refractivity contribution in [2.24, 2.45) is 11.3 Å². The number of nitrogens with one attached hydrogen (secondary N) is 1. The molecule has 2 aliphatic heterocycles. The number of carbonyl (C=O) groups is 3. The summed E-state index contributed by atoms with van der Waals surface area (Å²) in [6.07, 6.45) is 4.47. The molecule has 0 bridgehead atoms. The highest BCUT2D eigenvalue weighted by Crippen LogP contribution is 2.39. The van der Waals surface area contributed by atoms with Gasteiger partial charge in [-0.25, -0.2) is 4.79 Å². The molecule has 1 spiro atoms. The lowest BCUT2D eigenvalue weighted by atomic mass is 9.73. The molecule has 1 atom stereocenters. The molecular formula is C19H34N4O3. The molecule has 0 saturated carbocycles. The van der Waals surface area contributed by atoms with Crippen molar-refractivity contribution in [1.82, 2.24) is 20.0 Å². The van der Waals surface area contributed by atoms with Gasteiger partial charge in [0.05, 0.1) is 6.54 Å². The van der Waals surface area contributed by atoms with E-state index in [1.54, 1.807) is 14.1 Å². The fourth-order valence-corrected chi connectivity index (χ4v) is 3.90. The van der Waals surface area contributed by atoms with Crippen molar-refractivity contribution in [3.05, 3.63) is 0 Å². The molecule has 2 heterocycles. The predicted octanol–water partition coefficient (Wildman–Crippen LogP) is 1.53. The van der Waals surface area contributed by atoms with Crippen LogP contribution in [0.1, 0.15) is 46.0 Å². The summed E-state index contributed by atoms with van der Waals surface area (Å²) in [7, 11) is 3.31. The van der Waals surface area contributed by atoms with Crippen molar-refractivity contribution in [2.75, 3.05) is 46.8 Å². The summed E-state index contributed by atoms with van der Waals surface area (Å²) in [6.45, 7) is 7.37. The van der Waals surface area contributed by atoms with Crippen LogP contribution in [0.15, 0.2) is 0 Å². The minimum atomic E-state index is -0.256. The van der Waals surface area contributed by atoms with Crippen molar-refractivity contribution in [2.45, 2.75) is 46.0 Å². The monoisotopic (exact) mass is 366 g/mol. The first-order chi connectivity index (χ1) is 12.2. The molecule has 2 aliphatic rings. The Morgan fingerprint density at radius 2 is 1.96 bits per heavy atom. The molecule has 2 saturated heterocycles. The molecule has 0 aromatic carbocycles. The maximum Gasteiger partial charge on any atom is 0.317 e. The largest absolute Gasteiger partial charge is 0.342 e. The summed E-state index contributed by atoms with van der Waals surface area (Å²) >= 11 is 0. The summed E-state index contributed by atoms with van der Waals surface area (Å²) in [5.41, 5.74) is 0.0182. The lowest BCUT2D eigenvalue weighted by Crippen LogP contribution is -2.56. The fraction of sp³-hybridized carbons (Fsp3) is 0.842. The number of piperidine rings is 2. The highest BCUT2D eigenvalue weighted by Gasteiger charge is 2.42. The van der Waals surface area contributed by atoms with Gasteiger partial charge in [-0.3, -0.25) is 9.59 Å². The molecule has 0 aliphatic carbocycles. The van der Waals surface area contributed by atoms with Gasteiger partial charge in [0.15, 0.2) is 0 Å². The SMILES string of the molecule is CC(C)CCN1CC2(CCCN(C(=O)CNC(=O)N(C)C)C2)CCC1=O.